The predicted octanol–water partition coefficient (Wildman–Crippen LogP) is 2.05. The Labute approximate surface area is 104 Å². The second-order valence-electron chi connectivity index (χ2n) is 4.53. The molecule has 0 amide bonds. The Balaban J connectivity index is 2.53. The Morgan fingerprint density at radius 3 is 2.59 bits per heavy atom. The van der Waals surface area contributed by atoms with E-state index in [-0.39, 0.29) is 0 Å². The Hall–Kier alpha value is -1.06. The zero-order chi connectivity index (χ0) is 12.7. The van der Waals surface area contributed by atoms with Gasteiger partial charge in [-0.05, 0) is 43.4 Å². The lowest BCUT2D eigenvalue weighted by Crippen LogP contribution is -2.19. The van der Waals surface area contributed by atoms with Crippen molar-refractivity contribution >= 4 is 5.69 Å². The van der Waals surface area contributed by atoms with Crippen LogP contribution in [0.1, 0.15) is 30.4 Å². The Bertz CT molecular complexity index is 339. The van der Waals surface area contributed by atoms with Crippen molar-refractivity contribution in [2.45, 2.75) is 32.7 Å². The lowest BCUT2D eigenvalue weighted by molar-refractivity contribution is 0.283. The number of aliphatic hydroxyl groups is 1. The fraction of sp³-hybridized carbons (Fsp3) is 0.571. The molecule has 0 aliphatic rings. The van der Waals surface area contributed by atoms with Gasteiger partial charge in [0.1, 0.15) is 0 Å². The number of nitrogens with two attached hydrogens (primary N) is 1. The largest absolute Gasteiger partial charge is 0.396 e. The first kappa shape index (κ1) is 14.0. The SMILES string of the molecule is Cc1cc(CN)ccc1N(C)CCCCCO. The quantitative estimate of drug-likeness (QED) is 0.712. The molecular formula is C14H24N2O. The maximum atomic E-state index is 8.72. The molecule has 3 heteroatoms. The van der Waals surface area contributed by atoms with E-state index < -0.39 is 0 Å². The second-order valence-corrected chi connectivity index (χ2v) is 4.53. The highest BCUT2D eigenvalue weighted by molar-refractivity contribution is 5.53. The van der Waals surface area contributed by atoms with Crippen LogP contribution in [-0.4, -0.2) is 25.3 Å². The summed E-state index contributed by atoms with van der Waals surface area (Å²) in [5, 5.41) is 8.72. The van der Waals surface area contributed by atoms with E-state index >= 15 is 0 Å². The van der Waals surface area contributed by atoms with E-state index in [0.717, 1.165) is 25.8 Å². The fourth-order valence-corrected chi connectivity index (χ4v) is 2.03. The lowest BCUT2D eigenvalue weighted by atomic mass is 10.1. The van der Waals surface area contributed by atoms with Gasteiger partial charge in [-0.1, -0.05) is 12.1 Å². The molecule has 0 aromatic heterocycles. The van der Waals surface area contributed by atoms with Gasteiger partial charge in [0.2, 0.25) is 0 Å². The number of hydrogen-bond acceptors (Lipinski definition) is 3. The van der Waals surface area contributed by atoms with Gasteiger partial charge in [-0.25, -0.2) is 0 Å². The van der Waals surface area contributed by atoms with Crippen molar-refractivity contribution in [1.82, 2.24) is 0 Å². The van der Waals surface area contributed by atoms with Crippen molar-refractivity contribution < 1.29 is 5.11 Å². The molecule has 0 aliphatic heterocycles. The molecule has 1 aromatic carbocycles. The predicted molar refractivity (Wildman–Crippen MR) is 73.3 cm³/mol. The number of benzene rings is 1. The van der Waals surface area contributed by atoms with E-state index in [1.54, 1.807) is 0 Å². The molecule has 1 rings (SSSR count). The molecule has 0 unspecified atom stereocenters. The summed E-state index contributed by atoms with van der Waals surface area (Å²) in [5.74, 6) is 0. The van der Waals surface area contributed by atoms with E-state index in [1.165, 1.54) is 16.8 Å². The lowest BCUT2D eigenvalue weighted by Gasteiger charge is -2.21. The summed E-state index contributed by atoms with van der Waals surface area (Å²) in [7, 11) is 2.11. The van der Waals surface area contributed by atoms with Gasteiger partial charge in [0.25, 0.3) is 0 Å². The van der Waals surface area contributed by atoms with E-state index in [2.05, 4.69) is 37.1 Å². The first-order valence-corrected chi connectivity index (χ1v) is 6.30. The minimum absolute atomic E-state index is 0.300. The standard InChI is InChI=1S/C14H24N2O/c1-12-10-13(11-15)6-7-14(12)16(2)8-4-3-5-9-17/h6-7,10,17H,3-5,8-9,11,15H2,1-2H3. The summed E-state index contributed by atoms with van der Waals surface area (Å²) in [6, 6.07) is 6.38. The van der Waals surface area contributed by atoms with Gasteiger partial charge < -0.3 is 15.7 Å². The zero-order valence-electron chi connectivity index (χ0n) is 10.9. The minimum Gasteiger partial charge on any atom is -0.396 e. The minimum atomic E-state index is 0.300. The molecule has 0 bridgehead atoms. The fourth-order valence-electron chi connectivity index (χ4n) is 2.03. The first-order valence-electron chi connectivity index (χ1n) is 6.30. The Morgan fingerprint density at radius 1 is 1.24 bits per heavy atom. The van der Waals surface area contributed by atoms with Crippen molar-refractivity contribution in [3.05, 3.63) is 29.3 Å². The highest BCUT2D eigenvalue weighted by atomic mass is 16.2. The number of nitrogens with zero attached hydrogens (tertiary/aromatic N) is 1. The van der Waals surface area contributed by atoms with Crippen LogP contribution in [0.15, 0.2) is 18.2 Å². The first-order chi connectivity index (χ1) is 8.19. The number of unbranched alkanes of at least 4 members (excludes halogenated alkanes) is 2. The summed E-state index contributed by atoms with van der Waals surface area (Å²) in [6.07, 6.45) is 3.11. The highest BCUT2D eigenvalue weighted by Gasteiger charge is 2.04. The van der Waals surface area contributed by atoms with Gasteiger partial charge in [-0.15, -0.1) is 0 Å². The average Bonchev–Trinajstić information content (AvgIpc) is 2.34. The van der Waals surface area contributed by atoms with Crippen LogP contribution >= 0.6 is 0 Å². The van der Waals surface area contributed by atoms with Gasteiger partial charge in [0.15, 0.2) is 0 Å². The second kappa shape index (κ2) is 7.30. The van der Waals surface area contributed by atoms with Gasteiger partial charge in [-0.2, -0.15) is 0 Å². The molecule has 0 saturated carbocycles. The molecular weight excluding hydrogens is 212 g/mol. The van der Waals surface area contributed by atoms with Gasteiger partial charge in [-0.3, -0.25) is 0 Å². The maximum absolute atomic E-state index is 8.72. The van der Waals surface area contributed by atoms with Gasteiger partial charge >= 0.3 is 0 Å². The molecule has 3 nitrogen and oxygen atoms in total. The van der Waals surface area contributed by atoms with Crippen molar-refractivity contribution in [1.29, 1.82) is 0 Å². The van der Waals surface area contributed by atoms with Crippen LogP contribution in [0.5, 0.6) is 0 Å². The molecule has 0 radical (unpaired) electrons. The Morgan fingerprint density at radius 2 is 2.00 bits per heavy atom. The summed E-state index contributed by atoms with van der Waals surface area (Å²) in [4.78, 5) is 2.27. The molecule has 0 spiro atoms. The molecule has 0 atom stereocenters. The summed E-state index contributed by atoms with van der Waals surface area (Å²) < 4.78 is 0. The third kappa shape index (κ3) is 4.36. The third-order valence-electron chi connectivity index (χ3n) is 3.06. The molecule has 1 aromatic rings. The van der Waals surface area contributed by atoms with E-state index in [0.29, 0.717) is 13.2 Å². The molecule has 17 heavy (non-hydrogen) atoms. The Kier molecular flexibility index (Phi) is 6.01. The van der Waals surface area contributed by atoms with E-state index in [1.807, 2.05) is 0 Å². The molecule has 0 fully saturated rings. The van der Waals surface area contributed by atoms with Crippen molar-refractivity contribution in [3.8, 4) is 0 Å². The number of hydrogen-bond donors (Lipinski definition) is 2. The van der Waals surface area contributed by atoms with Crippen LogP contribution in [-0.2, 0) is 6.54 Å². The van der Waals surface area contributed by atoms with Gasteiger partial charge in [0.05, 0.1) is 0 Å². The van der Waals surface area contributed by atoms with Crippen LogP contribution in [0, 0.1) is 6.92 Å². The average molecular weight is 236 g/mol. The number of rotatable bonds is 7. The van der Waals surface area contributed by atoms with Crippen molar-refractivity contribution in [3.63, 3.8) is 0 Å². The highest BCUT2D eigenvalue weighted by Crippen LogP contribution is 2.20. The van der Waals surface area contributed by atoms with Crippen LogP contribution in [0.25, 0.3) is 0 Å². The van der Waals surface area contributed by atoms with Crippen molar-refractivity contribution in [2.75, 3.05) is 25.1 Å². The van der Waals surface area contributed by atoms with Crippen molar-refractivity contribution in [2.24, 2.45) is 5.73 Å². The smallest absolute Gasteiger partial charge is 0.0431 e. The van der Waals surface area contributed by atoms with Crippen LogP contribution in [0.2, 0.25) is 0 Å². The van der Waals surface area contributed by atoms with E-state index in [4.69, 9.17) is 10.8 Å². The summed E-state index contributed by atoms with van der Waals surface area (Å²) in [5.41, 5.74) is 9.35. The van der Waals surface area contributed by atoms with Crippen LogP contribution in [0.4, 0.5) is 5.69 Å². The number of aliphatic hydroxyl groups excluding tert-OH is 1. The maximum Gasteiger partial charge on any atom is 0.0431 e. The summed E-state index contributed by atoms with van der Waals surface area (Å²) in [6.45, 7) is 4.05. The van der Waals surface area contributed by atoms with Crippen LogP contribution < -0.4 is 10.6 Å². The van der Waals surface area contributed by atoms with Gasteiger partial charge in [0, 0.05) is 32.4 Å². The normalized spacial score (nSPS) is 10.6. The number of aryl methyl sites for hydroxylation is 1. The molecule has 96 valence electrons. The molecule has 0 saturated heterocycles. The molecule has 3 N–H and O–H groups in total. The van der Waals surface area contributed by atoms with Crippen LogP contribution in [0.3, 0.4) is 0 Å². The third-order valence-corrected chi connectivity index (χ3v) is 3.06. The summed E-state index contributed by atoms with van der Waals surface area (Å²) >= 11 is 0. The topological polar surface area (TPSA) is 49.5 Å². The number of anilines is 1. The van der Waals surface area contributed by atoms with E-state index in [9.17, 15) is 0 Å². The zero-order valence-corrected chi connectivity index (χ0v) is 10.9. The monoisotopic (exact) mass is 236 g/mol. The molecule has 0 aliphatic carbocycles. The molecule has 0 heterocycles.